The van der Waals surface area contributed by atoms with Gasteiger partial charge in [0.1, 0.15) is 6.35 Å². The van der Waals surface area contributed by atoms with Crippen molar-refractivity contribution in [1.82, 2.24) is 19.5 Å². The van der Waals surface area contributed by atoms with E-state index < -0.39 is 19.3 Å². The third-order valence-electron chi connectivity index (χ3n) is 3.31. The first-order valence-electron chi connectivity index (χ1n) is 8.52. The van der Waals surface area contributed by atoms with Gasteiger partial charge in [-0.3, -0.25) is 14.3 Å². The van der Waals surface area contributed by atoms with E-state index in [-0.39, 0.29) is 48.8 Å². The maximum atomic E-state index is 12.8. The van der Waals surface area contributed by atoms with E-state index in [2.05, 4.69) is 15.0 Å². The molecule has 0 aliphatic rings. The molecular weight excluding hydrogens is 377 g/mol. The van der Waals surface area contributed by atoms with Crippen LogP contribution in [0.3, 0.4) is 0 Å². The Morgan fingerprint density at radius 2 is 1.93 bits per heavy atom. The summed E-state index contributed by atoms with van der Waals surface area (Å²) < 4.78 is 30.8. The quantitative estimate of drug-likeness (QED) is 0.494. The number of nitrogen functional groups attached to an aromatic ring is 1. The number of nitrogens with one attached hydrogen (secondary N) is 1. The lowest BCUT2D eigenvalue weighted by Gasteiger charge is -2.24. The van der Waals surface area contributed by atoms with Crippen molar-refractivity contribution in [3.8, 4) is 0 Å². The molecule has 2 heterocycles. The second-order valence-corrected chi connectivity index (χ2v) is 8.44. The number of hydrogen-bond donors (Lipinski definition) is 3. The monoisotopic (exact) mass is 403 g/mol. The van der Waals surface area contributed by atoms with E-state index in [1.54, 1.807) is 27.7 Å². The zero-order valence-electron chi connectivity index (χ0n) is 15.8. The van der Waals surface area contributed by atoms with Gasteiger partial charge in [0.25, 0.3) is 5.56 Å². The number of aromatic nitrogens is 4. The second-order valence-electron chi connectivity index (χ2n) is 6.54. The van der Waals surface area contributed by atoms with Gasteiger partial charge in [-0.1, -0.05) is 0 Å². The number of rotatable bonds is 10. The average Bonchev–Trinajstić information content (AvgIpc) is 2.92. The minimum Gasteiger partial charge on any atom is -0.394 e. The zero-order valence-corrected chi connectivity index (χ0v) is 16.7. The Kier molecular flexibility index (Phi) is 7.12. The Labute approximate surface area is 156 Å². The Hall–Kier alpha value is -1.78. The number of ether oxygens (including phenoxy) is 1. The molecule has 0 unspecified atom stereocenters. The highest BCUT2D eigenvalue weighted by Crippen LogP contribution is 2.50. The van der Waals surface area contributed by atoms with Crippen LogP contribution in [0.25, 0.3) is 11.2 Å². The fourth-order valence-corrected chi connectivity index (χ4v) is 4.26. The molecule has 0 radical (unpaired) electrons. The summed E-state index contributed by atoms with van der Waals surface area (Å²) in [6, 6.07) is 0. The smallest absolute Gasteiger partial charge is 0.356 e. The van der Waals surface area contributed by atoms with Crippen molar-refractivity contribution in [3.05, 3.63) is 16.7 Å². The summed E-state index contributed by atoms with van der Waals surface area (Å²) in [5.74, 6) is -0.0455. The van der Waals surface area contributed by atoms with Crippen LogP contribution in [0.15, 0.2) is 11.1 Å². The number of anilines is 1. The number of nitrogens with zero attached hydrogens (tertiary/aromatic N) is 3. The van der Waals surface area contributed by atoms with Gasteiger partial charge < -0.3 is 29.2 Å². The number of imidazole rings is 1. The highest BCUT2D eigenvalue weighted by molar-refractivity contribution is 7.53. The first-order valence-corrected chi connectivity index (χ1v) is 10.2. The highest BCUT2D eigenvalue weighted by Gasteiger charge is 2.29. The molecule has 0 fully saturated rings. The fraction of sp³-hybridized carbons (Fsp3) is 0.667. The van der Waals surface area contributed by atoms with E-state index in [4.69, 9.17) is 19.5 Å². The molecule has 0 aliphatic carbocycles. The van der Waals surface area contributed by atoms with Gasteiger partial charge in [0.05, 0.1) is 37.8 Å². The lowest BCUT2D eigenvalue weighted by molar-refractivity contribution is 0.0112. The molecule has 2 aromatic heterocycles. The van der Waals surface area contributed by atoms with Crippen molar-refractivity contribution in [2.75, 3.05) is 18.7 Å². The van der Waals surface area contributed by atoms with E-state index in [0.29, 0.717) is 0 Å². The first kappa shape index (κ1) is 21.5. The fourth-order valence-electron chi connectivity index (χ4n) is 2.41. The Morgan fingerprint density at radius 1 is 1.30 bits per heavy atom. The van der Waals surface area contributed by atoms with Crippen LogP contribution < -0.4 is 11.3 Å². The summed E-state index contributed by atoms with van der Waals surface area (Å²) >= 11 is 0. The Balaban J connectivity index is 2.13. The number of aromatic amines is 1. The molecule has 4 N–H and O–H groups in total. The van der Waals surface area contributed by atoms with Gasteiger partial charge in [0.15, 0.2) is 11.2 Å². The molecule has 0 aliphatic heterocycles. The summed E-state index contributed by atoms with van der Waals surface area (Å²) in [5.41, 5.74) is 5.49. The van der Waals surface area contributed by atoms with Crippen LogP contribution in [-0.2, 0) is 24.9 Å². The molecule has 0 aromatic carbocycles. The number of hydrogen-bond acceptors (Lipinski definition) is 9. The van der Waals surface area contributed by atoms with Gasteiger partial charge in [0.2, 0.25) is 5.95 Å². The first-order chi connectivity index (χ1) is 12.6. The van der Waals surface area contributed by atoms with Crippen molar-refractivity contribution in [3.63, 3.8) is 0 Å². The molecule has 152 valence electrons. The van der Waals surface area contributed by atoms with Gasteiger partial charge >= 0.3 is 7.60 Å². The normalized spacial score (nSPS) is 13.7. The summed E-state index contributed by atoms with van der Waals surface area (Å²) in [6.07, 6.45) is -0.307. The van der Waals surface area contributed by atoms with E-state index in [0.717, 1.165) is 0 Å². The highest BCUT2D eigenvalue weighted by atomic mass is 31.2. The molecule has 0 bridgehead atoms. The van der Waals surface area contributed by atoms with Crippen LogP contribution in [0.2, 0.25) is 0 Å². The lowest BCUT2D eigenvalue weighted by atomic mass is 10.3. The average molecular weight is 403 g/mol. The van der Waals surface area contributed by atoms with Crippen LogP contribution in [0.1, 0.15) is 27.7 Å². The zero-order chi connectivity index (χ0) is 20.2. The van der Waals surface area contributed by atoms with Crippen LogP contribution in [0, 0.1) is 0 Å². The van der Waals surface area contributed by atoms with Crippen LogP contribution in [0.5, 0.6) is 0 Å². The molecule has 27 heavy (non-hydrogen) atoms. The molecule has 1 atom stereocenters. The second kappa shape index (κ2) is 8.94. The topological polar surface area (TPSA) is 155 Å². The van der Waals surface area contributed by atoms with E-state index >= 15 is 0 Å². The number of aliphatic hydroxyl groups excluding tert-OH is 1. The molecule has 0 amide bonds. The summed E-state index contributed by atoms with van der Waals surface area (Å²) in [4.78, 5) is 22.2. The number of aliphatic hydroxyl groups is 1. The van der Waals surface area contributed by atoms with E-state index in [1.165, 1.54) is 10.9 Å². The van der Waals surface area contributed by atoms with Crippen LogP contribution in [0.4, 0.5) is 5.95 Å². The van der Waals surface area contributed by atoms with Crippen molar-refractivity contribution in [2.24, 2.45) is 0 Å². The van der Waals surface area contributed by atoms with Crippen molar-refractivity contribution in [2.45, 2.75) is 52.6 Å². The van der Waals surface area contributed by atoms with E-state index in [9.17, 15) is 14.5 Å². The third-order valence-corrected chi connectivity index (χ3v) is 5.26. The van der Waals surface area contributed by atoms with Crippen molar-refractivity contribution in [1.29, 1.82) is 0 Å². The molecule has 12 heteroatoms. The van der Waals surface area contributed by atoms with E-state index in [1.807, 2.05) is 0 Å². The predicted molar refractivity (Wildman–Crippen MR) is 99.4 cm³/mol. The van der Waals surface area contributed by atoms with Crippen molar-refractivity contribution >= 4 is 24.7 Å². The minimum atomic E-state index is -3.50. The number of H-pyrrole nitrogens is 1. The maximum absolute atomic E-state index is 12.8. The number of nitrogens with two attached hydrogens (primary N) is 1. The van der Waals surface area contributed by atoms with Gasteiger partial charge in [-0.05, 0) is 27.7 Å². The molecule has 0 spiro atoms. The standard InChI is InChI=1S/C15H26N5O6P/c1-9(2)25-27(23,26-10(3)4)8-24-11(6-21)5-20-7-17-12-13(20)18-15(16)19-14(12)22/h7,9-11,21H,5-6,8H2,1-4H3,(H3,16,18,19,22)/t11-/m0/s1. The molecule has 2 rings (SSSR count). The Bertz CT molecular complexity index is 850. The van der Waals surface area contributed by atoms with Gasteiger partial charge in [-0.25, -0.2) is 4.98 Å². The summed E-state index contributed by atoms with van der Waals surface area (Å²) in [7, 11) is -3.50. The molecule has 0 saturated heterocycles. The molecular formula is C15H26N5O6P. The molecule has 0 saturated carbocycles. The lowest BCUT2D eigenvalue weighted by Crippen LogP contribution is -2.26. The van der Waals surface area contributed by atoms with Crippen LogP contribution in [-0.4, -0.2) is 55.9 Å². The third kappa shape index (κ3) is 5.85. The maximum Gasteiger partial charge on any atom is 0.356 e. The Morgan fingerprint density at radius 3 is 2.48 bits per heavy atom. The summed E-state index contributed by atoms with van der Waals surface area (Å²) in [6.45, 7) is 6.72. The summed E-state index contributed by atoms with van der Waals surface area (Å²) in [5, 5.41) is 9.62. The minimum absolute atomic E-state index is 0.0455. The predicted octanol–water partition coefficient (Wildman–Crippen LogP) is 1.08. The van der Waals surface area contributed by atoms with Gasteiger partial charge in [-0.15, -0.1) is 0 Å². The van der Waals surface area contributed by atoms with Gasteiger partial charge in [-0.2, -0.15) is 4.98 Å². The van der Waals surface area contributed by atoms with Gasteiger partial charge in [0, 0.05) is 0 Å². The molecule has 2 aromatic rings. The molecule has 11 nitrogen and oxygen atoms in total. The largest absolute Gasteiger partial charge is 0.394 e. The van der Waals surface area contributed by atoms with Crippen molar-refractivity contribution < 1.29 is 23.5 Å². The SMILES string of the molecule is CC(C)OP(=O)(CO[C@H](CO)Cn1cnc2c(=O)[nH]c(N)nc21)OC(C)C. The van der Waals surface area contributed by atoms with Crippen LogP contribution >= 0.6 is 7.60 Å². The number of fused-ring (bicyclic) bond motifs is 1.